The van der Waals surface area contributed by atoms with E-state index < -0.39 is 5.97 Å². The molecule has 5 heteroatoms. The fraction of sp³-hybridized carbons (Fsp3) is 0.312. The van der Waals surface area contributed by atoms with E-state index in [4.69, 9.17) is 4.42 Å². The van der Waals surface area contributed by atoms with Gasteiger partial charge in [-0.25, -0.2) is 4.79 Å². The molecule has 0 aliphatic carbocycles. The summed E-state index contributed by atoms with van der Waals surface area (Å²) in [5.74, 6) is 0.303. The van der Waals surface area contributed by atoms with Crippen LogP contribution in [0.5, 0.6) is 0 Å². The molecule has 0 aliphatic heterocycles. The fourth-order valence-electron chi connectivity index (χ4n) is 1.97. The van der Waals surface area contributed by atoms with Crippen LogP contribution in [0.1, 0.15) is 35.5 Å². The number of ether oxygens (including phenoxy) is 1. The molecule has 2 aromatic rings. The van der Waals surface area contributed by atoms with Crippen molar-refractivity contribution in [1.82, 2.24) is 5.32 Å². The first-order valence-electron chi connectivity index (χ1n) is 6.59. The van der Waals surface area contributed by atoms with Gasteiger partial charge in [0.1, 0.15) is 12.0 Å². The lowest BCUT2D eigenvalue weighted by molar-refractivity contribution is 0.0600. The molecule has 0 amide bonds. The number of carbonyl (C=O) groups is 1. The van der Waals surface area contributed by atoms with Crippen molar-refractivity contribution < 1.29 is 13.9 Å². The Kier molecular flexibility index (Phi) is 4.85. The topological polar surface area (TPSA) is 51.5 Å². The van der Waals surface area contributed by atoms with Gasteiger partial charge in [-0.3, -0.25) is 0 Å². The Balaban J connectivity index is 2.02. The standard InChI is InChI=1S/C16H18BrNO3/c1-16(2,12-4-6-13(17)7-5-12)18-9-14-8-11(10-21-14)15(19)20-3/h4-8,10,18H,9H2,1-3H3. The summed E-state index contributed by atoms with van der Waals surface area (Å²) in [4.78, 5) is 11.4. The van der Waals surface area contributed by atoms with Gasteiger partial charge in [0.15, 0.2) is 0 Å². The third-order valence-corrected chi connectivity index (χ3v) is 3.87. The SMILES string of the molecule is COC(=O)c1coc(CNC(C)(C)c2ccc(Br)cc2)c1. The lowest BCUT2D eigenvalue weighted by Crippen LogP contribution is -2.35. The summed E-state index contributed by atoms with van der Waals surface area (Å²) in [6.07, 6.45) is 1.41. The van der Waals surface area contributed by atoms with Crippen LogP contribution in [0.25, 0.3) is 0 Å². The lowest BCUT2D eigenvalue weighted by atomic mass is 9.94. The minimum Gasteiger partial charge on any atom is -0.467 e. The molecule has 0 spiro atoms. The highest BCUT2D eigenvalue weighted by Gasteiger charge is 2.20. The minimum absolute atomic E-state index is 0.209. The maximum absolute atomic E-state index is 11.4. The van der Waals surface area contributed by atoms with Gasteiger partial charge in [0.25, 0.3) is 0 Å². The van der Waals surface area contributed by atoms with Gasteiger partial charge >= 0.3 is 5.97 Å². The van der Waals surface area contributed by atoms with E-state index in [9.17, 15) is 4.79 Å². The van der Waals surface area contributed by atoms with Gasteiger partial charge in [0.2, 0.25) is 0 Å². The minimum atomic E-state index is -0.392. The highest BCUT2D eigenvalue weighted by Crippen LogP contribution is 2.23. The van der Waals surface area contributed by atoms with E-state index >= 15 is 0 Å². The molecule has 112 valence electrons. The van der Waals surface area contributed by atoms with E-state index in [0.29, 0.717) is 17.9 Å². The molecule has 0 saturated heterocycles. The number of halogens is 1. The summed E-state index contributed by atoms with van der Waals surface area (Å²) < 4.78 is 11.1. The molecule has 4 nitrogen and oxygen atoms in total. The molecular formula is C16H18BrNO3. The Morgan fingerprint density at radius 1 is 1.33 bits per heavy atom. The number of esters is 1. The first-order chi connectivity index (χ1) is 9.92. The van der Waals surface area contributed by atoms with Crippen LogP contribution >= 0.6 is 15.9 Å². The molecule has 0 atom stereocenters. The fourth-order valence-corrected chi connectivity index (χ4v) is 2.24. The number of benzene rings is 1. The second kappa shape index (κ2) is 6.45. The maximum Gasteiger partial charge on any atom is 0.341 e. The van der Waals surface area contributed by atoms with Crippen LogP contribution in [0.3, 0.4) is 0 Å². The molecule has 1 aromatic heterocycles. The molecule has 1 aromatic carbocycles. The second-order valence-electron chi connectivity index (χ2n) is 5.28. The Hall–Kier alpha value is -1.59. The number of hydrogen-bond donors (Lipinski definition) is 1. The normalized spacial score (nSPS) is 11.4. The van der Waals surface area contributed by atoms with Crippen LogP contribution in [-0.2, 0) is 16.8 Å². The van der Waals surface area contributed by atoms with Crippen molar-refractivity contribution in [3.63, 3.8) is 0 Å². The number of furan rings is 1. The first kappa shape index (κ1) is 15.8. The van der Waals surface area contributed by atoms with Crippen molar-refractivity contribution in [3.05, 3.63) is 58.0 Å². The highest BCUT2D eigenvalue weighted by molar-refractivity contribution is 9.10. The molecule has 2 rings (SSSR count). The molecule has 0 aliphatic rings. The predicted octanol–water partition coefficient (Wildman–Crippen LogP) is 3.85. The Morgan fingerprint density at radius 3 is 2.62 bits per heavy atom. The predicted molar refractivity (Wildman–Crippen MR) is 84.1 cm³/mol. The number of rotatable bonds is 5. The zero-order chi connectivity index (χ0) is 15.5. The van der Waals surface area contributed by atoms with Gasteiger partial charge < -0.3 is 14.5 Å². The van der Waals surface area contributed by atoms with Gasteiger partial charge in [-0.1, -0.05) is 28.1 Å². The largest absolute Gasteiger partial charge is 0.467 e. The van der Waals surface area contributed by atoms with Crippen LogP contribution in [0.2, 0.25) is 0 Å². The molecule has 0 unspecified atom stereocenters. The van der Waals surface area contributed by atoms with Crippen LogP contribution in [-0.4, -0.2) is 13.1 Å². The molecule has 0 bridgehead atoms. The zero-order valence-electron chi connectivity index (χ0n) is 12.3. The number of nitrogens with one attached hydrogen (secondary N) is 1. The van der Waals surface area contributed by atoms with Gasteiger partial charge in [0.05, 0.1) is 19.2 Å². The van der Waals surface area contributed by atoms with Crippen LogP contribution in [0.15, 0.2) is 45.5 Å². The van der Waals surface area contributed by atoms with E-state index in [-0.39, 0.29) is 5.54 Å². The van der Waals surface area contributed by atoms with Crippen LogP contribution in [0.4, 0.5) is 0 Å². The first-order valence-corrected chi connectivity index (χ1v) is 7.38. The van der Waals surface area contributed by atoms with Crippen molar-refractivity contribution in [2.24, 2.45) is 0 Å². The second-order valence-corrected chi connectivity index (χ2v) is 6.19. The molecular weight excluding hydrogens is 334 g/mol. The van der Waals surface area contributed by atoms with Gasteiger partial charge in [-0.15, -0.1) is 0 Å². The maximum atomic E-state index is 11.4. The van der Waals surface area contributed by atoms with Crippen molar-refractivity contribution in [1.29, 1.82) is 0 Å². The zero-order valence-corrected chi connectivity index (χ0v) is 13.9. The van der Waals surface area contributed by atoms with Gasteiger partial charge in [-0.05, 0) is 37.6 Å². The Morgan fingerprint density at radius 2 is 2.00 bits per heavy atom. The summed E-state index contributed by atoms with van der Waals surface area (Å²) in [7, 11) is 1.35. The van der Waals surface area contributed by atoms with E-state index in [1.807, 2.05) is 12.1 Å². The Bertz CT molecular complexity index is 617. The van der Waals surface area contributed by atoms with Crippen LogP contribution in [0, 0.1) is 0 Å². The van der Waals surface area contributed by atoms with Gasteiger partial charge in [0, 0.05) is 10.0 Å². The monoisotopic (exact) mass is 351 g/mol. The van der Waals surface area contributed by atoms with Crippen molar-refractivity contribution in [2.75, 3.05) is 7.11 Å². The summed E-state index contributed by atoms with van der Waals surface area (Å²) in [5.41, 5.74) is 1.39. The van der Waals surface area contributed by atoms with E-state index in [0.717, 1.165) is 4.47 Å². The van der Waals surface area contributed by atoms with Crippen LogP contribution < -0.4 is 5.32 Å². The average Bonchev–Trinajstić information content (AvgIpc) is 2.94. The van der Waals surface area contributed by atoms with E-state index in [1.165, 1.54) is 18.9 Å². The van der Waals surface area contributed by atoms with E-state index in [2.05, 4.69) is 52.0 Å². The number of carbonyl (C=O) groups excluding carboxylic acids is 1. The highest BCUT2D eigenvalue weighted by atomic mass is 79.9. The number of hydrogen-bond acceptors (Lipinski definition) is 4. The molecule has 0 saturated carbocycles. The average molecular weight is 352 g/mol. The summed E-state index contributed by atoms with van der Waals surface area (Å²) >= 11 is 3.43. The Labute approximate surface area is 132 Å². The molecule has 0 fully saturated rings. The van der Waals surface area contributed by atoms with E-state index in [1.54, 1.807) is 6.07 Å². The lowest BCUT2D eigenvalue weighted by Gasteiger charge is -2.26. The molecule has 1 N–H and O–H groups in total. The molecule has 21 heavy (non-hydrogen) atoms. The summed E-state index contributed by atoms with van der Waals surface area (Å²) in [6.45, 7) is 4.72. The third kappa shape index (κ3) is 3.95. The number of methoxy groups -OCH3 is 1. The molecule has 1 heterocycles. The third-order valence-electron chi connectivity index (χ3n) is 3.35. The van der Waals surface area contributed by atoms with Gasteiger partial charge in [-0.2, -0.15) is 0 Å². The smallest absolute Gasteiger partial charge is 0.341 e. The summed E-state index contributed by atoms with van der Waals surface area (Å²) in [5, 5.41) is 3.42. The van der Waals surface area contributed by atoms with Crippen molar-refractivity contribution in [2.45, 2.75) is 25.9 Å². The van der Waals surface area contributed by atoms with Crippen molar-refractivity contribution in [3.8, 4) is 0 Å². The quantitative estimate of drug-likeness (QED) is 0.831. The molecule has 0 radical (unpaired) electrons. The van der Waals surface area contributed by atoms with Crippen molar-refractivity contribution >= 4 is 21.9 Å². The summed E-state index contributed by atoms with van der Waals surface area (Å²) in [6, 6.07) is 9.86.